The second-order valence-electron chi connectivity index (χ2n) is 2.57. The van der Waals surface area contributed by atoms with Crippen LogP contribution in [0.2, 0.25) is 0 Å². The van der Waals surface area contributed by atoms with E-state index < -0.39 is 23.3 Å². The lowest BCUT2D eigenvalue weighted by atomic mass is 10.1. The molecule has 0 saturated carbocycles. The first kappa shape index (κ1) is 12.6. The molecule has 15 heavy (non-hydrogen) atoms. The Morgan fingerprint density at radius 1 is 1.20 bits per heavy atom. The van der Waals surface area contributed by atoms with Crippen molar-refractivity contribution in [1.82, 2.24) is 0 Å². The van der Waals surface area contributed by atoms with E-state index in [1.165, 1.54) is 6.07 Å². The maximum absolute atomic E-state index is 13.1. The highest BCUT2D eigenvalue weighted by Gasteiger charge is 2.41. The van der Waals surface area contributed by atoms with Gasteiger partial charge in [-0.1, -0.05) is 15.9 Å². The van der Waals surface area contributed by atoms with Crippen molar-refractivity contribution >= 4 is 37.6 Å². The van der Waals surface area contributed by atoms with Gasteiger partial charge in [0.2, 0.25) is 0 Å². The number of Topliss-reactive ketones (excluding diaryl/α,β-unsaturated/α-hetero) is 1. The zero-order chi connectivity index (χ0) is 11.8. The van der Waals surface area contributed by atoms with Gasteiger partial charge in [0, 0.05) is 8.95 Å². The van der Waals surface area contributed by atoms with Crippen molar-refractivity contribution in [3.8, 4) is 0 Å². The van der Waals surface area contributed by atoms with Crippen LogP contribution in [-0.2, 0) is 0 Å². The molecule has 7 heteroatoms. The van der Waals surface area contributed by atoms with Crippen LogP contribution in [0.25, 0.3) is 0 Å². The van der Waals surface area contributed by atoms with Gasteiger partial charge >= 0.3 is 6.18 Å². The summed E-state index contributed by atoms with van der Waals surface area (Å²) < 4.78 is 49.3. The molecule has 0 fully saturated rings. The van der Waals surface area contributed by atoms with Crippen LogP contribution in [0.4, 0.5) is 17.6 Å². The van der Waals surface area contributed by atoms with E-state index in [2.05, 4.69) is 31.9 Å². The molecule has 0 aliphatic heterocycles. The van der Waals surface area contributed by atoms with Crippen molar-refractivity contribution in [2.75, 3.05) is 0 Å². The Labute approximate surface area is 98.7 Å². The number of alkyl halides is 3. The molecule has 0 radical (unpaired) electrons. The standard InChI is InChI=1S/C8H2Br2F4O/c9-3-1-4(10)6(5(11)2-3)7(15)8(12,13)14/h1-2H. The highest BCUT2D eigenvalue weighted by atomic mass is 79.9. The second kappa shape index (κ2) is 4.21. The fraction of sp³-hybridized carbons (Fsp3) is 0.125. The van der Waals surface area contributed by atoms with Crippen LogP contribution >= 0.6 is 31.9 Å². The Bertz CT molecular complexity index is 391. The number of rotatable bonds is 1. The Balaban J connectivity index is 3.33. The van der Waals surface area contributed by atoms with E-state index in [1.54, 1.807) is 0 Å². The fourth-order valence-corrected chi connectivity index (χ4v) is 2.25. The topological polar surface area (TPSA) is 17.1 Å². The van der Waals surface area contributed by atoms with Crippen molar-refractivity contribution in [1.29, 1.82) is 0 Å². The zero-order valence-electron chi connectivity index (χ0n) is 6.83. The van der Waals surface area contributed by atoms with Gasteiger partial charge in [0.25, 0.3) is 5.78 Å². The third-order valence-electron chi connectivity index (χ3n) is 1.49. The number of halogens is 6. The van der Waals surface area contributed by atoms with Gasteiger partial charge in [-0.2, -0.15) is 13.2 Å². The number of hydrogen-bond donors (Lipinski definition) is 0. The molecule has 0 N–H and O–H groups in total. The van der Waals surface area contributed by atoms with E-state index in [0.29, 0.717) is 0 Å². The lowest BCUT2D eigenvalue weighted by Crippen LogP contribution is -2.24. The lowest BCUT2D eigenvalue weighted by Gasteiger charge is -2.08. The molecule has 0 unspecified atom stereocenters. The summed E-state index contributed by atoms with van der Waals surface area (Å²) in [7, 11) is 0. The largest absolute Gasteiger partial charge is 0.455 e. The average molecular weight is 350 g/mol. The van der Waals surface area contributed by atoms with Crippen molar-refractivity contribution in [3.05, 3.63) is 32.5 Å². The van der Waals surface area contributed by atoms with Crippen molar-refractivity contribution in [3.63, 3.8) is 0 Å². The van der Waals surface area contributed by atoms with Crippen LogP contribution in [0.15, 0.2) is 21.1 Å². The molecule has 1 aromatic rings. The fourth-order valence-electron chi connectivity index (χ4n) is 0.901. The van der Waals surface area contributed by atoms with Gasteiger partial charge in [-0.3, -0.25) is 4.79 Å². The summed E-state index contributed by atoms with van der Waals surface area (Å²) >= 11 is 5.58. The summed E-state index contributed by atoms with van der Waals surface area (Å²) in [4.78, 5) is 10.8. The molecule has 0 heterocycles. The Hall–Kier alpha value is -0.430. The zero-order valence-corrected chi connectivity index (χ0v) is 10.0. The molecule has 1 nitrogen and oxygen atoms in total. The average Bonchev–Trinajstić information content (AvgIpc) is 1.99. The third-order valence-corrected chi connectivity index (χ3v) is 2.57. The molecule has 0 spiro atoms. The van der Waals surface area contributed by atoms with Crippen LogP contribution in [0.5, 0.6) is 0 Å². The van der Waals surface area contributed by atoms with Crippen LogP contribution in [0, 0.1) is 5.82 Å². The highest BCUT2D eigenvalue weighted by molar-refractivity contribution is 9.11. The van der Waals surface area contributed by atoms with Gasteiger partial charge in [-0.05, 0) is 28.1 Å². The van der Waals surface area contributed by atoms with Gasteiger partial charge in [-0.15, -0.1) is 0 Å². The third kappa shape index (κ3) is 2.78. The molecule has 1 aromatic carbocycles. The summed E-state index contributed by atoms with van der Waals surface area (Å²) in [5.41, 5.74) is -1.01. The molecular formula is C8H2Br2F4O. The quantitative estimate of drug-likeness (QED) is 0.551. The van der Waals surface area contributed by atoms with E-state index in [4.69, 9.17) is 0 Å². The van der Waals surface area contributed by atoms with E-state index in [0.717, 1.165) is 6.07 Å². The molecule has 0 aromatic heterocycles. The molecular weight excluding hydrogens is 348 g/mol. The van der Waals surface area contributed by atoms with Gasteiger partial charge in [0.1, 0.15) is 5.82 Å². The first-order chi connectivity index (χ1) is 6.73. The molecule has 82 valence electrons. The van der Waals surface area contributed by atoms with Crippen molar-refractivity contribution in [2.45, 2.75) is 6.18 Å². The van der Waals surface area contributed by atoms with E-state index >= 15 is 0 Å². The minimum absolute atomic E-state index is 0.239. The Morgan fingerprint density at radius 2 is 1.73 bits per heavy atom. The summed E-state index contributed by atoms with van der Waals surface area (Å²) in [5, 5.41) is 0. The second-order valence-corrected chi connectivity index (χ2v) is 4.34. The number of hydrogen-bond acceptors (Lipinski definition) is 1. The number of carbonyl (C=O) groups excluding carboxylic acids is 1. The minimum Gasteiger partial charge on any atom is -0.284 e. The van der Waals surface area contributed by atoms with Crippen molar-refractivity contribution in [2.24, 2.45) is 0 Å². The number of ketones is 1. The van der Waals surface area contributed by atoms with Crippen LogP contribution in [0.1, 0.15) is 10.4 Å². The van der Waals surface area contributed by atoms with Crippen molar-refractivity contribution < 1.29 is 22.4 Å². The maximum atomic E-state index is 13.1. The summed E-state index contributed by atoms with van der Waals surface area (Å²) in [6, 6.07) is 1.96. The summed E-state index contributed by atoms with van der Waals surface area (Å²) in [5.74, 6) is -3.43. The van der Waals surface area contributed by atoms with Gasteiger partial charge in [0.05, 0.1) is 5.56 Å². The molecule has 1 rings (SSSR count). The normalized spacial score (nSPS) is 11.6. The first-order valence-electron chi connectivity index (χ1n) is 3.49. The predicted octanol–water partition coefficient (Wildman–Crippen LogP) is 4.10. The van der Waals surface area contributed by atoms with Gasteiger partial charge in [0.15, 0.2) is 0 Å². The molecule has 0 bridgehead atoms. The number of benzene rings is 1. The van der Waals surface area contributed by atoms with E-state index in [-0.39, 0.29) is 8.95 Å². The maximum Gasteiger partial charge on any atom is 0.455 e. The lowest BCUT2D eigenvalue weighted by molar-refractivity contribution is -0.0888. The number of carbonyl (C=O) groups is 1. The molecule has 0 amide bonds. The molecule has 0 aliphatic rings. The SMILES string of the molecule is O=C(c1c(F)cc(Br)cc1Br)C(F)(F)F. The molecule has 0 atom stereocenters. The monoisotopic (exact) mass is 348 g/mol. The van der Waals surface area contributed by atoms with Crippen LogP contribution in [0.3, 0.4) is 0 Å². The Kier molecular flexibility index (Phi) is 3.55. The van der Waals surface area contributed by atoms with Gasteiger partial charge in [-0.25, -0.2) is 4.39 Å². The summed E-state index contributed by atoms with van der Waals surface area (Å²) in [6.45, 7) is 0. The first-order valence-corrected chi connectivity index (χ1v) is 5.08. The van der Waals surface area contributed by atoms with Crippen LogP contribution in [-0.4, -0.2) is 12.0 Å². The van der Waals surface area contributed by atoms with E-state index in [1.807, 2.05) is 0 Å². The molecule has 0 saturated heterocycles. The Morgan fingerprint density at radius 3 is 2.13 bits per heavy atom. The van der Waals surface area contributed by atoms with Gasteiger partial charge < -0.3 is 0 Å². The molecule has 0 aliphatic carbocycles. The van der Waals surface area contributed by atoms with Crippen LogP contribution < -0.4 is 0 Å². The summed E-state index contributed by atoms with van der Waals surface area (Å²) in [6.07, 6.45) is -5.09. The predicted molar refractivity (Wildman–Crippen MR) is 52.2 cm³/mol. The smallest absolute Gasteiger partial charge is 0.284 e. The minimum atomic E-state index is -5.09. The van der Waals surface area contributed by atoms with E-state index in [9.17, 15) is 22.4 Å². The highest BCUT2D eigenvalue weighted by Crippen LogP contribution is 2.30.